The van der Waals surface area contributed by atoms with Crippen molar-refractivity contribution in [3.05, 3.63) is 71.8 Å². The third kappa shape index (κ3) is 4.18. The lowest BCUT2D eigenvalue weighted by Gasteiger charge is -2.34. The largest absolute Gasteiger partial charge is 0.304 e. The zero-order valence-corrected chi connectivity index (χ0v) is 13.7. The number of benzene rings is 2. The number of hydrogen-bond acceptors (Lipinski definition) is 1. The lowest BCUT2D eigenvalue weighted by atomic mass is 9.83. The molecule has 2 rings (SSSR count). The smallest absolute Gasteiger partial charge is 0.0147 e. The molecular weight excluding hydrogens is 254 g/mol. The Kier molecular flexibility index (Phi) is 5.19. The van der Waals surface area contributed by atoms with Crippen LogP contribution in [0, 0.1) is 0 Å². The third-order valence-electron chi connectivity index (χ3n) is 4.66. The summed E-state index contributed by atoms with van der Waals surface area (Å²) in [5.74, 6) is 0.478. The second kappa shape index (κ2) is 6.91. The van der Waals surface area contributed by atoms with Crippen molar-refractivity contribution in [2.24, 2.45) is 0 Å². The molecule has 2 aromatic rings. The zero-order chi connectivity index (χ0) is 15.3. The topological polar surface area (TPSA) is 3.24 Å². The van der Waals surface area contributed by atoms with Gasteiger partial charge in [0.25, 0.3) is 0 Å². The average molecular weight is 281 g/mol. The fourth-order valence-corrected chi connectivity index (χ4v) is 2.62. The Bertz CT molecular complexity index is 489. The first-order valence-electron chi connectivity index (χ1n) is 7.78. The molecule has 0 aliphatic rings. The summed E-state index contributed by atoms with van der Waals surface area (Å²) >= 11 is 0. The quantitative estimate of drug-likeness (QED) is 0.725. The first kappa shape index (κ1) is 15.8. The maximum absolute atomic E-state index is 2.32. The van der Waals surface area contributed by atoms with Gasteiger partial charge in [-0.25, -0.2) is 0 Å². The van der Waals surface area contributed by atoms with E-state index in [4.69, 9.17) is 0 Å². The first-order valence-corrected chi connectivity index (χ1v) is 7.78. The molecule has 2 aromatic carbocycles. The van der Waals surface area contributed by atoms with Gasteiger partial charge in [-0.3, -0.25) is 0 Å². The molecule has 0 saturated heterocycles. The van der Waals surface area contributed by atoms with Gasteiger partial charge in [0.1, 0.15) is 0 Å². The highest BCUT2D eigenvalue weighted by Crippen LogP contribution is 2.32. The molecule has 0 heterocycles. The summed E-state index contributed by atoms with van der Waals surface area (Å²) in [5, 5.41) is 0. The minimum atomic E-state index is 0.224. The summed E-state index contributed by atoms with van der Waals surface area (Å²) in [6.07, 6.45) is 2.34. The maximum Gasteiger partial charge on any atom is 0.0147 e. The second-order valence-corrected chi connectivity index (χ2v) is 6.62. The highest BCUT2D eigenvalue weighted by atomic mass is 15.1. The summed E-state index contributed by atoms with van der Waals surface area (Å²) in [5.41, 5.74) is 3.05. The molecule has 0 radical (unpaired) electrons. The average Bonchev–Trinajstić information content (AvgIpc) is 2.49. The fourth-order valence-electron chi connectivity index (χ4n) is 2.62. The summed E-state index contributed by atoms with van der Waals surface area (Å²) in [6, 6.07) is 21.8. The zero-order valence-electron chi connectivity index (χ0n) is 13.7. The van der Waals surface area contributed by atoms with Gasteiger partial charge in [-0.2, -0.15) is 0 Å². The van der Waals surface area contributed by atoms with Crippen LogP contribution in [-0.2, 0) is 0 Å². The van der Waals surface area contributed by atoms with Crippen molar-refractivity contribution >= 4 is 0 Å². The standard InChI is InChI=1S/C20H27N/c1-20(2,21(3)4)16-15-19(17-11-7-5-8-12-17)18-13-9-6-10-14-18/h5-14,19H,15-16H2,1-4H3. The molecule has 21 heavy (non-hydrogen) atoms. The van der Waals surface area contributed by atoms with Crippen LogP contribution >= 0.6 is 0 Å². The van der Waals surface area contributed by atoms with E-state index < -0.39 is 0 Å². The van der Waals surface area contributed by atoms with Crippen LogP contribution in [0.25, 0.3) is 0 Å². The van der Waals surface area contributed by atoms with Gasteiger partial charge in [-0.05, 0) is 51.9 Å². The molecule has 112 valence electrons. The van der Waals surface area contributed by atoms with Gasteiger partial charge in [-0.15, -0.1) is 0 Å². The molecule has 0 saturated carbocycles. The SMILES string of the molecule is CN(C)C(C)(C)CCC(c1ccccc1)c1ccccc1. The highest BCUT2D eigenvalue weighted by Gasteiger charge is 2.23. The molecule has 0 amide bonds. The van der Waals surface area contributed by atoms with Crippen LogP contribution < -0.4 is 0 Å². The van der Waals surface area contributed by atoms with E-state index >= 15 is 0 Å². The Morgan fingerprint density at radius 2 is 1.24 bits per heavy atom. The Labute approximate surface area is 129 Å². The Morgan fingerprint density at radius 1 is 0.810 bits per heavy atom. The van der Waals surface area contributed by atoms with Crippen molar-refractivity contribution in [3.63, 3.8) is 0 Å². The van der Waals surface area contributed by atoms with Crippen LogP contribution in [0.4, 0.5) is 0 Å². The molecule has 0 bridgehead atoms. The van der Waals surface area contributed by atoms with E-state index in [1.54, 1.807) is 0 Å². The van der Waals surface area contributed by atoms with Gasteiger partial charge >= 0.3 is 0 Å². The van der Waals surface area contributed by atoms with Crippen molar-refractivity contribution < 1.29 is 0 Å². The summed E-state index contributed by atoms with van der Waals surface area (Å²) < 4.78 is 0. The fraction of sp³-hybridized carbons (Fsp3) is 0.400. The highest BCUT2D eigenvalue weighted by molar-refractivity contribution is 5.32. The number of rotatable bonds is 6. The Balaban J connectivity index is 2.22. The van der Waals surface area contributed by atoms with Crippen LogP contribution in [0.15, 0.2) is 60.7 Å². The number of nitrogens with zero attached hydrogens (tertiary/aromatic N) is 1. The third-order valence-corrected chi connectivity index (χ3v) is 4.66. The minimum absolute atomic E-state index is 0.224. The van der Waals surface area contributed by atoms with E-state index in [2.05, 4.69) is 93.5 Å². The molecular formula is C20H27N. The van der Waals surface area contributed by atoms with Gasteiger partial charge in [0.2, 0.25) is 0 Å². The maximum atomic E-state index is 2.32. The predicted molar refractivity (Wildman–Crippen MR) is 91.7 cm³/mol. The predicted octanol–water partition coefficient (Wildman–Crippen LogP) is 4.94. The monoisotopic (exact) mass is 281 g/mol. The van der Waals surface area contributed by atoms with Gasteiger partial charge in [0.05, 0.1) is 0 Å². The molecule has 0 fully saturated rings. The van der Waals surface area contributed by atoms with Crippen molar-refractivity contribution in [1.29, 1.82) is 0 Å². The van der Waals surface area contributed by atoms with Gasteiger partial charge < -0.3 is 4.90 Å². The molecule has 0 spiro atoms. The lowest BCUT2D eigenvalue weighted by molar-refractivity contribution is 0.177. The van der Waals surface area contributed by atoms with Crippen LogP contribution in [-0.4, -0.2) is 24.5 Å². The van der Waals surface area contributed by atoms with Crippen LogP contribution in [0.2, 0.25) is 0 Å². The van der Waals surface area contributed by atoms with Gasteiger partial charge in [0.15, 0.2) is 0 Å². The van der Waals surface area contributed by atoms with E-state index in [1.165, 1.54) is 24.0 Å². The van der Waals surface area contributed by atoms with Crippen molar-refractivity contribution in [2.75, 3.05) is 14.1 Å². The minimum Gasteiger partial charge on any atom is -0.304 e. The normalized spacial score (nSPS) is 12.1. The number of hydrogen-bond donors (Lipinski definition) is 0. The van der Waals surface area contributed by atoms with E-state index in [0.717, 1.165) is 0 Å². The van der Waals surface area contributed by atoms with Gasteiger partial charge in [0, 0.05) is 11.5 Å². The first-order chi connectivity index (χ1) is 10.0. The summed E-state index contributed by atoms with van der Waals surface area (Å²) in [7, 11) is 4.33. The Hall–Kier alpha value is -1.60. The van der Waals surface area contributed by atoms with Crippen molar-refractivity contribution in [1.82, 2.24) is 4.90 Å². The molecule has 1 nitrogen and oxygen atoms in total. The summed E-state index contributed by atoms with van der Waals surface area (Å²) in [6.45, 7) is 4.64. The molecule has 0 atom stereocenters. The van der Waals surface area contributed by atoms with E-state index in [1.807, 2.05) is 0 Å². The van der Waals surface area contributed by atoms with E-state index in [9.17, 15) is 0 Å². The second-order valence-electron chi connectivity index (χ2n) is 6.62. The van der Waals surface area contributed by atoms with Crippen molar-refractivity contribution in [3.8, 4) is 0 Å². The summed E-state index contributed by atoms with van der Waals surface area (Å²) in [4.78, 5) is 2.32. The lowest BCUT2D eigenvalue weighted by Crippen LogP contribution is -2.38. The molecule has 0 unspecified atom stereocenters. The molecule has 1 heteroatoms. The van der Waals surface area contributed by atoms with E-state index in [0.29, 0.717) is 5.92 Å². The molecule has 0 N–H and O–H groups in total. The van der Waals surface area contributed by atoms with Gasteiger partial charge in [-0.1, -0.05) is 60.7 Å². The molecule has 0 aliphatic carbocycles. The molecule has 0 aromatic heterocycles. The van der Waals surface area contributed by atoms with E-state index in [-0.39, 0.29) is 5.54 Å². The van der Waals surface area contributed by atoms with Crippen LogP contribution in [0.1, 0.15) is 43.7 Å². The molecule has 0 aliphatic heterocycles. The van der Waals surface area contributed by atoms with Crippen LogP contribution in [0.5, 0.6) is 0 Å². The van der Waals surface area contributed by atoms with Crippen molar-refractivity contribution in [2.45, 2.75) is 38.1 Å². The van der Waals surface area contributed by atoms with Crippen LogP contribution in [0.3, 0.4) is 0 Å². The Morgan fingerprint density at radius 3 is 1.62 bits per heavy atom.